The number of carbonyl (C=O) groups excluding carboxylic acids is 1. The van der Waals surface area contributed by atoms with E-state index in [2.05, 4.69) is 12.2 Å². The smallest absolute Gasteiger partial charge is 0.326 e. The van der Waals surface area contributed by atoms with Crippen LogP contribution in [-0.4, -0.2) is 24.7 Å². The van der Waals surface area contributed by atoms with Gasteiger partial charge in [-0.15, -0.1) is 0 Å². The first-order chi connectivity index (χ1) is 8.19. The standard InChI is InChI=1S/C14H27NO2/c1-3-4-5-6-9-12-17-13(16)14(2)10-7-8-11-15-14/h15H,3-12H2,1-2H3. The Labute approximate surface area is 105 Å². The minimum Gasteiger partial charge on any atom is -0.464 e. The lowest BCUT2D eigenvalue weighted by Crippen LogP contribution is -2.53. The van der Waals surface area contributed by atoms with Gasteiger partial charge in [0, 0.05) is 0 Å². The lowest BCUT2D eigenvalue weighted by molar-refractivity contribution is -0.152. The van der Waals surface area contributed by atoms with Crippen molar-refractivity contribution in [1.82, 2.24) is 5.32 Å². The molecule has 1 fully saturated rings. The Morgan fingerprint density at radius 3 is 2.65 bits per heavy atom. The Kier molecular flexibility index (Phi) is 6.56. The number of esters is 1. The number of carbonyl (C=O) groups is 1. The van der Waals surface area contributed by atoms with Gasteiger partial charge < -0.3 is 10.1 Å². The summed E-state index contributed by atoms with van der Waals surface area (Å²) in [6.45, 7) is 5.68. The van der Waals surface area contributed by atoms with Crippen molar-refractivity contribution < 1.29 is 9.53 Å². The molecular weight excluding hydrogens is 214 g/mol. The second-order valence-electron chi connectivity index (χ2n) is 5.27. The number of hydrogen-bond donors (Lipinski definition) is 1. The molecule has 1 rings (SSSR count). The summed E-state index contributed by atoms with van der Waals surface area (Å²) in [6.07, 6.45) is 9.16. The Bertz CT molecular complexity index is 222. The molecule has 1 aliphatic heterocycles. The molecular formula is C14H27NO2. The SMILES string of the molecule is CCCCCCCOC(=O)C1(C)CCCCN1. The minimum absolute atomic E-state index is 0.0623. The molecule has 1 N–H and O–H groups in total. The van der Waals surface area contributed by atoms with Gasteiger partial charge in [-0.3, -0.25) is 4.79 Å². The molecule has 1 heterocycles. The van der Waals surface area contributed by atoms with Crippen LogP contribution < -0.4 is 5.32 Å². The molecule has 0 radical (unpaired) electrons. The van der Waals surface area contributed by atoms with Crippen molar-refractivity contribution in [2.75, 3.05) is 13.2 Å². The number of ether oxygens (including phenoxy) is 1. The van der Waals surface area contributed by atoms with Crippen LogP contribution in [0.25, 0.3) is 0 Å². The lowest BCUT2D eigenvalue weighted by atomic mass is 9.91. The van der Waals surface area contributed by atoms with Gasteiger partial charge in [0.2, 0.25) is 0 Å². The van der Waals surface area contributed by atoms with Crippen LogP contribution >= 0.6 is 0 Å². The molecule has 0 aromatic carbocycles. The maximum absolute atomic E-state index is 11.9. The van der Waals surface area contributed by atoms with Crippen LogP contribution in [0.2, 0.25) is 0 Å². The summed E-state index contributed by atoms with van der Waals surface area (Å²) in [4.78, 5) is 11.9. The van der Waals surface area contributed by atoms with Gasteiger partial charge in [-0.25, -0.2) is 0 Å². The molecule has 0 aromatic rings. The number of rotatable bonds is 7. The van der Waals surface area contributed by atoms with E-state index in [4.69, 9.17) is 4.74 Å². The molecule has 0 spiro atoms. The zero-order valence-corrected chi connectivity index (χ0v) is 11.4. The van der Waals surface area contributed by atoms with Crippen molar-refractivity contribution in [2.24, 2.45) is 0 Å². The maximum Gasteiger partial charge on any atom is 0.326 e. The first-order valence-corrected chi connectivity index (χ1v) is 7.11. The quantitative estimate of drug-likeness (QED) is 0.550. The first-order valence-electron chi connectivity index (χ1n) is 7.11. The summed E-state index contributed by atoms with van der Waals surface area (Å²) in [5, 5.41) is 3.28. The maximum atomic E-state index is 11.9. The summed E-state index contributed by atoms with van der Waals surface area (Å²) < 4.78 is 5.36. The van der Waals surface area contributed by atoms with E-state index in [0.29, 0.717) is 6.61 Å². The molecule has 17 heavy (non-hydrogen) atoms. The van der Waals surface area contributed by atoms with E-state index < -0.39 is 5.54 Å². The topological polar surface area (TPSA) is 38.3 Å². The average molecular weight is 241 g/mol. The number of hydrogen-bond acceptors (Lipinski definition) is 3. The third-order valence-corrected chi connectivity index (χ3v) is 3.55. The molecule has 1 aliphatic rings. The predicted octanol–water partition coefficient (Wildman–Crippen LogP) is 3.03. The van der Waals surface area contributed by atoms with E-state index in [0.717, 1.165) is 25.8 Å². The molecule has 1 saturated heterocycles. The largest absolute Gasteiger partial charge is 0.464 e. The normalized spacial score (nSPS) is 24.6. The second kappa shape index (κ2) is 7.70. The Balaban J connectivity index is 2.11. The summed E-state index contributed by atoms with van der Waals surface area (Å²) in [5.74, 6) is -0.0623. The third-order valence-electron chi connectivity index (χ3n) is 3.55. The van der Waals surface area contributed by atoms with Crippen molar-refractivity contribution in [1.29, 1.82) is 0 Å². The first kappa shape index (κ1) is 14.5. The molecule has 0 aliphatic carbocycles. The Hall–Kier alpha value is -0.570. The number of unbranched alkanes of at least 4 members (excludes halogenated alkanes) is 4. The highest BCUT2D eigenvalue weighted by molar-refractivity contribution is 5.80. The molecule has 0 bridgehead atoms. The highest BCUT2D eigenvalue weighted by atomic mass is 16.5. The van der Waals surface area contributed by atoms with Crippen molar-refractivity contribution in [3.8, 4) is 0 Å². The second-order valence-corrected chi connectivity index (χ2v) is 5.27. The van der Waals surface area contributed by atoms with Crippen LogP contribution in [0.15, 0.2) is 0 Å². The van der Waals surface area contributed by atoms with Gasteiger partial charge in [0.1, 0.15) is 5.54 Å². The summed E-state index contributed by atoms with van der Waals surface area (Å²) in [7, 11) is 0. The summed E-state index contributed by atoms with van der Waals surface area (Å²) in [6, 6.07) is 0. The minimum atomic E-state index is -0.429. The Morgan fingerprint density at radius 2 is 2.00 bits per heavy atom. The molecule has 0 amide bonds. The lowest BCUT2D eigenvalue weighted by Gasteiger charge is -2.32. The monoisotopic (exact) mass is 241 g/mol. The molecule has 1 atom stereocenters. The predicted molar refractivity (Wildman–Crippen MR) is 70.0 cm³/mol. The molecule has 0 saturated carbocycles. The van der Waals surface area contributed by atoms with Crippen LogP contribution in [0, 0.1) is 0 Å². The van der Waals surface area contributed by atoms with Gasteiger partial charge in [0.05, 0.1) is 6.61 Å². The van der Waals surface area contributed by atoms with Gasteiger partial charge in [-0.1, -0.05) is 32.6 Å². The van der Waals surface area contributed by atoms with E-state index in [1.165, 1.54) is 32.1 Å². The zero-order valence-electron chi connectivity index (χ0n) is 11.4. The van der Waals surface area contributed by atoms with Crippen molar-refractivity contribution in [2.45, 2.75) is 70.8 Å². The Morgan fingerprint density at radius 1 is 1.24 bits per heavy atom. The van der Waals surface area contributed by atoms with Gasteiger partial charge in [-0.05, 0) is 39.2 Å². The van der Waals surface area contributed by atoms with Crippen molar-refractivity contribution in [3.05, 3.63) is 0 Å². The van der Waals surface area contributed by atoms with E-state index >= 15 is 0 Å². The van der Waals surface area contributed by atoms with Crippen molar-refractivity contribution >= 4 is 5.97 Å². The number of piperidine rings is 1. The molecule has 3 heteroatoms. The fraction of sp³-hybridized carbons (Fsp3) is 0.929. The average Bonchev–Trinajstić information content (AvgIpc) is 2.34. The van der Waals surface area contributed by atoms with Crippen LogP contribution in [0.4, 0.5) is 0 Å². The molecule has 0 aromatic heterocycles. The highest BCUT2D eigenvalue weighted by Gasteiger charge is 2.35. The zero-order chi connectivity index (χ0) is 12.6. The van der Waals surface area contributed by atoms with Crippen LogP contribution in [0.5, 0.6) is 0 Å². The molecule has 3 nitrogen and oxygen atoms in total. The fourth-order valence-corrected chi connectivity index (χ4v) is 2.26. The van der Waals surface area contributed by atoms with Crippen LogP contribution in [0.3, 0.4) is 0 Å². The molecule has 1 unspecified atom stereocenters. The fourth-order valence-electron chi connectivity index (χ4n) is 2.26. The van der Waals surface area contributed by atoms with E-state index in [1.54, 1.807) is 0 Å². The van der Waals surface area contributed by atoms with Gasteiger partial charge in [-0.2, -0.15) is 0 Å². The van der Waals surface area contributed by atoms with E-state index in [9.17, 15) is 4.79 Å². The third kappa shape index (κ3) is 5.07. The van der Waals surface area contributed by atoms with Gasteiger partial charge in [0.15, 0.2) is 0 Å². The highest BCUT2D eigenvalue weighted by Crippen LogP contribution is 2.20. The van der Waals surface area contributed by atoms with Crippen LogP contribution in [-0.2, 0) is 9.53 Å². The van der Waals surface area contributed by atoms with E-state index in [-0.39, 0.29) is 5.97 Å². The summed E-state index contributed by atoms with van der Waals surface area (Å²) >= 11 is 0. The number of nitrogens with one attached hydrogen (secondary N) is 1. The van der Waals surface area contributed by atoms with Crippen LogP contribution in [0.1, 0.15) is 65.2 Å². The van der Waals surface area contributed by atoms with Crippen molar-refractivity contribution in [3.63, 3.8) is 0 Å². The van der Waals surface area contributed by atoms with Gasteiger partial charge in [0.25, 0.3) is 0 Å². The summed E-state index contributed by atoms with van der Waals surface area (Å²) in [5.41, 5.74) is -0.429. The van der Waals surface area contributed by atoms with Gasteiger partial charge >= 0.3 is 5.97 Å². The molecule has 100 valence electrons. The van der Waals surface area contributed by atoms with E-state index in [1.807, 2.05) is 6.92 Å².